The van der Waals surface area contributed by atoms with Crippen LogP contribution >= 0.6 is 0 Å². The highest BCUT2D eigenvalue weighted by atomic mass is 16.7. The normalized spacial score (nSPS) is 23.0. The molecule has 112 valence electrons. The predicted octanol–water partition coefficient (Wildman–Crippen LogP) is 1.53. The van der Waals surface area contributed by atoms with E-state index in [1.165, 1.54) is 0 Å². The van der Waals surface area contributed by atoms with Crippen molar-refractivity contribution in [2.24, 2.45) is 11.8 Å². The second-order valence-corrected chi connectivity index (χ2v) is 5.39. The number of amides is 1. The Balaban J connectivity index is 1.60. The number of carbonyl (C=O) groups is 2. The lowest BCUT2D eigenvalue weighted by Gasteiger charge is -2.15. The Morgan fingerprint density at radius 2 is 1.95 bits per heavy atom. The van der Waals surface area contributed by atoms with Crippen molar-refractivity contribution in [2.75, 3.05) is 6.79 Å². The van der Waals surface area contributed by atoms with Crippen molar-refractivity contribution in [3.8, 4) is 11.5 Å². The van der Waals surface area contributed by atoms with Crippen molar-refractivity contribution in [3.05, 3.63) is 23.8 Å². The van der Waals surface area contributed by atoms with Crippen molar-refractivity contribution in [1.29, 1.82) is 0 Å². The fourth-order valence-corrected chi connectivity index (χ4v) is 2.94. The lowest BCUT2D eigenvalue weighted by atomic mass is 9.95. The molecule has 1 aromatic carbocycles. The van der Waals surface area contributed by atoms with Crippen LogP contribution in [0, 0.1) is 11.8 Å². The van der Waals surface area contributed by atoms with E-state index in [9.17, 15) is 9.59 Å². The molecule has 0 spiro atoms. The van der Waals surface area contributed by atoms with Gasteiger partial charge in [-0.25, -0.2) is 0 Å². The van der Waals surface area contributed by atoms with E-state index >= 15 is 0 Å². The first-order valence-electron chi connectivity index (χ1n) is 7.04. The maximum atomic E-state index is 12.1. The predicted molar refractivity (Wildman–Crippen MR) is 72.9 cm³/mol. The summed E-state index contributed by atoms with van der Waals surface area (Å²) in [6.07, 6.45) is 2.01. The number of benzene rings is 1. The van der Waals surface area contributed by atoms with E-state index in [1.54, 1.807) is 6.07 Å². The summed E-state index contributed by atoms with van der Waals surface area (Å²) in [6.45, 7) is 0.575. The summed E-state index contributed by atoms with van der Waals surface area (Å²) in [5, 5.41) is 11.9. The zero-order valence-corrected chi connectivity index (χ0v) is 11.5. The van der Waals surface area contributed by atoms with Crippen LogP contribution < -0.4 is 14.8 Å². The van der Waals surface area contributed by atoms with E-state index < -0.39 is 17.8 Å². The summed E-state index contributed by atoms with van der Waals surface area (Å²) in [6, 6.07) is 5.49. The van der Waals surface area contributed by atoms with Gasteiger partial charge in [-0.15, -0.1) is 0 Å². The van der Waals surface area contributed by atoms with Gasteiger partial charge < -0.3 is 19.9 Å². The molecule has 2 unspecified atom stereocenters. The topological polar surface area (TPSA) is 84.9 Å². The molecule has 1 amide bonds. The Kier molecular flexibility index (Phi) is 3.68. The number of fused-ring (bicyclic) bond motifs is 1. The van der Waals surface area contributed by atoms with Gasteiger partial charge >= 0.3 is 5.97 Å². The first-order valence-corrected chi connectivity index (χ1v) is 7.04. The van der Waals surface area contributed by atoms with Gasteiger partial charge in [0.15, 0.2) is 11.5 Å². The van der Waals surface area contributed by atoms with Gasteiger partial charge in [0.2, 0.25) is 12.7 Å². The molecule has 6 nitrogen and oxygen atoms in total. The standard InChI is InChI=1S/C15H17NO5/c17-14(10-2-1-3-11(10)15(18)19)16-7-9-4-5-12-13(6-9)21-8-20-12/h4-6,10-11H,1-3,7-8H2,(H,16,17)(H,18,19). The summed E-state index contributed by atoms with van der Waals surface area (Å²) in [5.74, 6) is -0.663. The number of carbonyl (C=O) groups excluding carboxylic acids is 1. The number of hydrogen-bond donors (Lipinski definition) is 2. The smallest absolute Gasteiger partial charge is 0.307 e. The number of carboxylic acids is 1. The zero-order valence-electron chi connectivity index (χ0n) is 11.5. The molecule has 1 aromatic rings. The molecular weight excluding hydrogens is 274 g/mol. The highest BCUT2D eigenvalue weighted by Gasteiger charge is 2.37. The quantitative estimate of drug-likeness (QED) is 0.879. The Bertz CT molecular complexity index is 571. The van der Waals surface area contributed by atoms with Gasteiger partial charge in [-0.3, -0.25) is 9.59 Å². The van der Waals surface area contributed by atoms with Gasteiger partial charge in [-0.05, 0) is 30.5 Å². The zero-order chi connectivity index (χ0) is 14.8. The lowest BCUT2D eigenvalue weighted by Crippen LogP contribution is -2.34. The second-order valence-electron chi connectivity index (χ2n) is 5.39. The molecule has 21 heavy (non-hydrogen) atoms. The fraction of sp³-hybridized carbons (Fsp3) is 0.467. The van der Waals surface area contributed by atoms with Crippen molar-refractivity contribution in [3.63, 3.8) is 0 Å². The largest absolute Gasteiger partial charge is 0.481 e. The van der Waals surface area contributed by atoms with Gasteiger partial charge in [0.25, 0.3) is 0 Å². The third-order valence-electron chi connectivity index (χ3n) is 4.07. The average Bonchev–Trinajstić information content (AvgIpc) is 3.12. The third-order valence-corrected chi connectivity index (χ3v) is 4.07. The van der Waals surface area contributed by atoms with E-state index in [2.05, 4.69) is 5.32 Å². The van der Waals surface area contributed by atoms with Crippen LogP contribution in [0.1, 0.15) is 24.8 Å². The summed E-state index contributed by atoms with van der Waals surface area (Å²) in [4.78, 5) is 23.2. The minimum atomic E-state index is -0.879. The molecule has 3 rings (SSSR count). The van der Waals surface area contributed by atoms with Gasteiger partial charge in [0, 0.05) is 6.54 Å². The van der Waals surface area contributed by atoms with Crippen LogP contribution in [0.15, 0.2) is 18.2 Å². The average molecular weight is 291 g/mol. The SMILES string of the molecule is O=C(O)C1CCCC1C(=O)NCc1ccc2c(c1)OCO2. The van der Waals surface area contributed by atoms with E-state index in [4.69, 9.17) is 14.6 Å². The van der Waals surface area contributed by atoms with Crippen LogP contribution in [0.5, 0.6) is 11.5 Å². The highest BCUT2D eigenvalue weighted by molar-refractivity contribution is 5.85. The molecule has 0 aromatic heterocycles. The van der Waals surface area contributed by atoms with E-state index in [0.29, 0.717) is 30.9 Å². The fourth-order valence-electron chi connectivity index (χ4n) is 2.94. The number of aliphatic carboxylic acids is 1. The van der Waals surface area contributed by atoms with Crippen molar-refractivity contribution < 1.29 is 24.2 Å². The number of hydrogen-bond acceptors (Lipinski definition) is 4. The van der Waals surface area contributed by atoms with Crippen LogP contribution in [-0.4, -0.2) is 23.8 Å². The molecule has 2 aliphatic rings. The summed E-state index contributed by atoms with van der Waals surface area (Å²) >= 11 is 0. The van der Waals surface area contributed by atoms with E-state index in [0.717, 1.165) is 12.0 Å². The van der Waals surface area contributed by atoms with Crippen LogP contribution in [0.4, 0.5) is 0 Å². The van der Waals surface area contributed by atoms with E-state index in [-0.39, 0.29) is 12.7 Å². The molecule has 1 saturated carbocycles. The summed E-state index contributed by atoms with van der Waals surface area (Å²) in [7, 11) is 0. The molecule has 0 saturated heterocycles. The number of ether oxygens (including phenoxy) is 2. The maximum absolute atomic E-state index is 12.1. The van der Waals surface area contributed by atoms with Crippen molar-refractivity contribution >= 4 is 11.9 Å². The minimum Gasteiger partial charge on any atom is -0.481 e. The molecule has 0 bridgehead atoms. The van der Waals surface area contributed by atoms with Crippen LogP contribution in [0.25, 0.3) is 0 Å². The van der Waals surface area contributed by atoms with E-state index in [1.807, 2.05) is 12.1 Å². The third kappa shape index (κ3) is 2.79. The van der Waals surface area contributed by atoms with Gasteiger partial charge in [-0.2, -0.15) is 0 Å². The maximum Gasteiger partial charge on any atom is 0.307 e. The summed E-state index contributed by atoms with van der Waals surface area (Å²) < 4.78 is 10.5. The second kappa shape index (κ2) is 5.63. The Morgan fingerprint density at radius 3 is 2.76 bits per heavy atom. The molecular formula is C15H17NO5. The molecule has 6 heteroatoms. The van der Waals surface area contributed by atoms with Crippen LogP contribution in [0.3, 0.4) is 0 Å². The van der Waals surface area contributed by atoms with Crippen molar-refractivity contribution in [2.45, 2.75) is 25.8 Å². The first-order chi connectivity index (χ1) is 10.1. The Morgan fingerprint density at radius 1 is 1.19 bits per heavy atom. The molecule has 2 atom stereocenters. The van der Waals surface area contributed by atoms with Gasteiger partial charge in [0.05, 0.1) is 11.8 Å². The molecule has 0 radical (unpaired) electrons. The van der Waals surface area contributed by atoms with Gasteiger partial charge in [-0.1, -0.05) is 12.5 Å². The Labute approximate surface area is 122 Å². The number of nitrogens with one attached hydrogen (secondary N) is 1. The minimum absolute atomic E-state index is 0.183. The highest BCUT2D eigenvalue weighted by Crippen LogP contribution is 2.33. The van der Waals surface area contributed by atoms with Crippen LogP contribution in [0.2, 0.25) is 0 Å². The van der Waals surface area contributed by atoms with Crippen LogP contribution in [-0.2, 0) is 16.1 Å². The molecule has 1 aliphatic heterocycles. The Hall–Kier alpha value is -2.24. The van der Waals surface area contributed by atoms with Crippen molar-refractivity contribution in [1.82, 2.24) is 5.32 Å². The monoisotopic (exact) mass is 291 g/mol. The van der Waals surface area contributed by atoms with Gasteiger partial charge in [0.1, 0.15) is 0 Å². The number of rotatable bonds is 4. The molecule has 1 fully saturated rings. The molecule has 1 heterocycles. The molecule has 1 aliphatic carbocycles. The summed E-state index contributed by atoms with van der Waals surface area (Å²) in [5.41, 5.74) is 0.900. The molecule has 2 N–H and O–H groups in total. The lowest BCUT2D eigenvalue weighted by molar-refractivity contribution is -0.146. The number of carboxylic acid groups (broad SMARTS) is 1. The first kappa shape index (κ1) is 13.7.